The number of carbonyl (C=O) groups excluding carboxylic acids is 1. The van der Waals surface area contributed by atoms with Crippen LogP contribution in [0, 0.1) is 0 Å². The SMILES string of the molecule is COC(=O)Cn1nnnc1-c1cccc(-c2noc(C(F)(F)F)n2)c1. The Labute approximate surface area is 137 Å². The molecule has 1 aromatic carbocycles. The molecule has 0 aliphatic carbocycles. The van der Waals surface area contributed by atoms with Crippen molar-refractivity contribution in [2.24, 2.45) is 0 Å². The Hall–Kier alpha value is -3.31. The number of halogens is 3. The molecule has 0 fully saturated rings. The van der Waals surface area contributed by atoms with E-state index in [-0.39, 0.29) is 23.8 Å². The van der Waals surface area contributed by atoms with E-state index in [1.54, 1.807) is 12.1 Å². The average Bonchev–Trinajstić information content (AvgIpc) is 3.24. The highest BCUT2D eigenvalue weighted by molar-refractivity contribution is 5.70. The first-order valence-corrected chi connectivity index (χ1v) is 6.73. The van der Waals surface area contributed by atoms with E-state index < -0.39 is 18.0 Å². The number of aromatic nitrogens is 6. The number of esters is 1. The summed E-state index contributed by atoms with van der Waals surface area (Å²) in [6.45, 7) is -0.219. The summed E-state index contributed by atoms with van der Waals surface area (Å²) < 4.78 is 47.6. The van der Waals surface area contributed by atoms with E-state index in [9.17, 15) is 18.0 Å². The standard InChI is InChI=1S/C13H9F3N6O3/c1-24-9(23)6-22-11(18-20-21-22)8-4-2-3-7(5-8)10-17-12(25-19-10)13(14,15)16/h2-5H,6H2,1H3. The topological polar surface area (TPSA) is 109 Å². The van der Waals surface area contributed by atoms with Gasteiger partial charge in [0, 0.05) is 11.1 Å². The maximum Gasteiger partial charge on any atom is 0.471 e. The van der Waals surface area contributed by atoms with Gasteiger partial charge in [-0.15, -0.1) is 5.10 Å². The lowest BCUT2D eigenvalue weighted by atomic mass is 10.1. The van der Waals surface area contributed by atoms with Gasteiger partial charge < -0.3 is 9.26 Å². The molecule has 0 radical (unpaired) electrons. The number of benzene rings is 1. The molecule has 12 heteroatoms. The predicted octanol–water partition coefficient (Wildman–Crippen LogP) is 1.58. The Morgan fingerprint density at radius 1 is 1.32 bits per heavy atom. The lowest BCUT2D eigenvalue weighted by Crippen LogP contribution is -2.14. The summed E-state index contributed by atoms with van der Waals surface area (Å²) >= 11 is 0. The van der Waals surface area contributed by atoms with Gasteiger partial charge in [-0.3, -0.25) is 4.79 Å². The predicted molar refractivity (Wildman–Crippen MR) is 73.6 cm³/mol. The highest BCUT2D eigenvalue weighted by Gasteiger charge is 2.38. The van der Waals surface area contributed by atoms with Crippen LogP contribution in [0.2, 0.25) is 0 Å². The molecule has 2 heterocycles. The zero-order valence-corrected chi connectivity index (χ0v) is 12.6. The average molecular weight is 354 g/mol. The Morgan fingerprint density at radius 3 is 2.76 bits per heavy atom. The van der Waals surface area contributed by atoms with Gasteiger partial charge in [-0.2, -0.15) is 18.2 Å². The van der Waals surface area contributed by atoms with Crippen molar-refractivity contribution in [3.05, 3.63) is 30.2 Å². The molecule has 0 N–H and O–H groups in total. The summed E-state index contributed by atoms with van der Waals surface area (Å²) in [6, 6.07) is 6.16. The van der Waals surface area contributed by atoms with Crippen LogP contribution in [0.3, 0.4) is 0 Å². The van der Waals surface area contributed by atoms with Crippen LogP contribution >= 0.6 is 0 Å². The van der Waals surface area contributed by atoms with Crippen molar-refractivity contribution in [2.75, 3.05) is 7.11 Å². The molecule has 3 rings (SSSR count). The number of nitrogens with zero attached hydrogens (tertiary/aromatic N) is 6. The van der Waals surface area contributed by atoms with Crippen LogP contribution in [0.5, 0.6) is 0 Å². The fraction of sp³-hybridized carbons (Fsp3) is 0.231. The van der Waals surface area contributed by atoms with Crippen molar-refractivity contribution in [1.29, 1.82) is 0 Å². The zero-order valence-electron chi connectivity index (χ0n) is 12.6. The first-order chi connectivity index (χ1) is 11.9. The molecule has 0 bridgehead atoms. The maximum absolute atomic E-state index is 12.6. The molecule has 9 nitrogen and oxygen atoms in total. The molecule has 3 aromatic rings. The Kier molecular flexibility index (Phi) is 4.17. The van der Waals surface area contributed by atoms with Gasteiger partial charge in [0.25, 0.3) is 0 Å². The van der Waals surface area contributed by atoms with E-state index in [1.807, 2.05) is 0 Å². The summed E-state index contributed by atoms with van der Waals surface area (Å²) in [7, 11) is 1.22. The normalized spacial score (nSPS) is 11.5. The molecule has 0 atom stereocenters. The van der Waals surface area contributed by atoms with Crippen LogP contribution in [-0.4, -0.2) is 43.4 Å². The number of tetrazole rings is 1. The summed E-state index contributed by atoms with van der Waals surface area (Å²) in [5, 5.41) is 14.3. The third-order valence-electron chi connectivity index (χ3n) is 3.09. The second-order valence-electron chi connectivity index (χ2n) is 4.74. The van der Waals surface area contributed by atoms with E-state index in [0.29, 0.717) is 5.56 Å². The zero-order chi connectivity index (χ0) is 18.0. The van der Waals surface area contributed by atoms with Crippen molar-refractivity contribution < 1.29 is 27.2 Å². The molecule has 0 unspecified atom stereocenters. The van der Waals surface area contributed by atoms with E-state index in [1.165, 1.54) is 23.9 Å². The van der Waals surface area contributed by atoms with Gasteiger partial charge in [-0.05, 0) is 16.5 Å². The van der Waals surface area contributed by atoms with Gasteiger partial charge in [0.2, 0.25) is 5.82 Å². The fourth-order valence-electron chi connectivity index (χ4n) is 1.96. The van der Waals surface area contributed by atoms with Crippen molar-refractivity contribution in [3.8, 4) is 22.8 Å². The van der Waals surface area contributed by atoms with Crippen LogP contribution in [0.15, 0.2) is 28.8 Å². The van der Waals surface area contributed by atoms with E-state index in [4.69, 9.17) is 0 Å². The summed E-state index contributed by atoms with van der Waals surface area (Å²) in [4.78, 5) is 14.7. The highest BCUT2D eigenvalue weighted by Crippen LogP contribution is 2.30. The molecule has 0 aliphatic rings. The van der Waals surface area contributed by atoms with Gasteiger partial charge in [0.1, 0.15) is 6.54 Å². The third-order valence-corrected chi connectivity index (χ3v) is 3.09. The molecule has 2 aromatic heterocycles. The molecule has 130 valence electrons. The third kappa shape index (κ3) is 3.46. The number of hydrogen-bond acceptors (Lipinski definition) is 8. The minimum Gasteiger partial charge on any atom is -0.468 e. The van der Waals surface area contributed by atoms with Gasteiger partial charge in [0.15, 0.2) is 5.82 Å². The smallest absolute Gasteiger partial charge is 0.468 e. The quantitative estimate of drug-likeness (QED) is 0.650. The van der Waals surface area contributed by atoms with Crippen LogP contribution in [0.25, 0.3) is 22.8 Å². The first-order valence-electron chi connectivity index (χ1n) is 6.73. The molecule has 0 amide bonds. The Bertz CT molecular complexity index is 904. The van der Waals surface area contributed by atoms with Gasteiger partial charge in [-0.25, -0.2) is 4.68 Å². The van der Waals surface area contributed by atoms with E-state index in [0.717, 1.165) is 0 Å². The van der Waals surface area contributed by atoms with Crippen molar-refractivity contribution in [2.45, 2.75) is 12.7 Å². The maximum atomic E-state index is 12.6. The largest absolute Gasteiger partial charge is 0.471 e. The molecule has 0 spiro atoms. The van der Waals surface area contributed by atoms with Crippen molar-refractivity contribution in [3.63, 3.8) is 0 Å². The second-order valence-corrected chi connectivity index (χ2v) is 4.74. The molecular weight excluding hydrogens is 345 g/mol. The number of alkyl halides is 3. The minimum atomic E-state index is -4.73. The molecule has 0 aliphatic heterocycles. The highest BCUT2D eigenvalue weighted by atomic mass is 19.4. The van der Waals surface area contributed by atoms with Crippen LogP contribution < -0.4 is 0 Å². The summed E-state index contributed by atoms with van der Waals surface area (Å²) in [6.07, 6.45) is -4.73. The number of methoxy groups -OCH3 is 1. The van der Waals surface area contributed by atoms with Gasteiger partial charge in [0.05, 0.1) is 7.11 Å². The number of ether oxygens (including phenoxy) is 1. The molecule has 0 saturated heterocycles. The molecule has 25 heavy (non-hydrogen) atoms. The summed E-state index contributed by atoms with van der Waals surface area (Å²) in [5.41, 5.74) is 0.717. The number of carbonyl (C=O) groups is 1. The Morgan fingerprint density at radius 2 is 2.08 bits per heavy atom. The van der Waals surface area contributed by atoms with Crippen LogP contribution in [0.4, 0.5) is 13.2 Å². The summed E-state index contributed by atoms with van der Waals surface area (Å²) in [5.74, 6) is -2.01. The molecule has 0 saturated carbocycles. The first kappa shape index (κ1) is 16.5. The lowest BCUT2D eigenvalue weighted by molar-refractivity contribution is -0.159. The van der Waals surface area contributed by atoms with E-state index in [2.05, 4.69) is 34.9 Å². The Balaban J connectivity index is 1.94. The monoisotopic (exact) mass is 354 g/mol. The van der Waals surface area contributed by atoms with Gasteiger partial charge >= 0.3 is 18.0 Å². The van der Waals surface area contributed by atoms with Crippen molar-refractivity contribution in [1.82, 2.24) is 30.3 Å². The second kappa shape index (κ2) is 6.30. The van der Waals surface area contributed by atoms with E-state index >= 15 is 0 Å². The van der Waals surface area contributed by atoms with Crippen LogP contribution in [0.1, 0.15) is 5.89 Å². The number of rotatable bonds is 4. The fourth-order valence-corrected chi connectivity index (χ4v) is 1.96. The van der Waals surface area contributed by atoms with Gasteiger partial charge in [-0.1, -0.05) is 23.4 Å². The molecular formula is C13H9F3N6O3. The van der Waals surface area contributed by atoms with Crippen LogP contribution in [-0.2, 0) is 22.3 Å². The lowest BCUT2D eigenvalue weighted by Gasteiger charge is -2.04. The minimum absolute atomic E-state index is 0.219. The number of hydrogen-bond donors (Lipinski definition) is 0. The van der Waals surface area contributed by atoms with Crippen molar-refractivity contribution >= 4 is 5.97 Å².